The van der Waals surface area contributed by atoms with E-state index in [0.29, 0.717) is 37.2 Å². The van der Waals surface area contributed by atoms with Crippen LogP contribution in [0.15, 0.2) is 24.3 Å². The lowest BCUT2D eigenvalue weighted by molar-refractivity contribution is -0.141. The number of amides is 1. The van der Waals surface area contributed by atoms with Crippen LogP contribution < -0.4 is 4.74 Å². The molecule has 1 aromatic rings. The molecule has 7 nitrogen and oxygen atoms in total. The maximum atomic E-state index is 12.3. The van der Waals surface area contributed by atoms with Gasteiger partial charge in [-0.25, -0.2) is 4.79 Å². The summed E-state index contributed by atoms with van der Waals surface area (Å²) in [5, 5.41) is 8.94. The van der Waals surface area contributed by atoms with Gasteiger partial charge >= 0.3 is 12.1 Å². The number of nitrogens with zero attached hydrogens (tertiary/aromatic N) is 1. The standard InChI is InChI=1S/C18H23NO6/c1-12(11-16(20)24-2)17(21)13-3-5-14(6-4-13)25-15-7-9-19(10-8-15)18(22)23/h3-6,12,15H,7-11H2,1-2H3,(H,22,23). The summed E-state index contributed by atoms with van der Waals surface area (Å²) in [7, 11) is 1.30. The van der Waals surface area contributed by atoms with Gasteiger partial charge < -0.3 is 19.5 Å². The van der Waals surface area contributed by atoms with Gasteiger partial charge in [-0.1, -0.05) is 6.92 Å². The number of methoxy groups -OCH3 is 1. The van der Waals surface area contributed by atoms with Crippen molar-refractivity contribution < 1.29 is 29.0 Å². The van der Waals surface area contributed by atoms with Crippen LogP contribution >= 0.6 is 0 Å². The van der Waals surface area contributed by atoms with Crippen LogP contribution in [-0.4, -0.2) is 54.2 Å². The molecular weight excluding hydrogens is 326 g/mol. The Labute approximate surface area is 146 Å². The fourth-order valence-corrected chi connectivity index (χ4v) is 2.77. The van der Waals surface area contributed by atoms with E-state index in [9.17, 15) is 14.4 Å². The Morgan fingerprint density at radius 2 is 1.80 bits per heavy atom. The van der Waals surface area contributed by atoms with Gasteiger partial charge in [0.2, 0.25) is 0 Å². The topological polar surface area (TPSA) is 93.1 Å². The quantitative estimate of drug-likeness (QED) is 0.627. The molecule has 1 aromatic carbocycles. The number of piperidine rings is 1. The number of hydrogen-bond donors (Lipinski definition) is 1. The van der Waals surface area contributed by atoms with E-state index in [1.807, 2.05) is 0 Å². The number of ketones is 1. The normalized spacial score (nSPS) is 16.2. The molecule has 1 aliphatic rings. The van der Waals surface area contributed by atoms with E-state index in [-0.39, 0.29) is 18.3 Å². The number of carbonyl (C=O) groups is 3. The highest BCUT2D eigenvalue weighted by molar-refractivity contribution is 5.99. The van der Waals surface area contributed by atoms with Crippen molar-refractivity contribution in [3.8, 4) is 5.75 Å². The number of benzene rings is 1. The van der Waals surface area contributed by atoms with Crippen molar-refractivity contribution in [1.82, 2.24) is 4.90 Å². The third-order valence-electron chi connectivity index (χ3n) is 4.30. The summed E-state index contributed by atoms with van der Waals surface area (Å²) >= 11 is 0. The molecule has 0 bridgehead atoms. The Kier molecular flexibility index (Phi) is 6.38. The molecule has 0 spiro atoms. The van der Waals surface area contributed by atoms with Crippen molar-refractivity contribution in [3.63, 3.8) is 0 Å². The molecule has 1 saturated heterocycles. The Bertz CT molecular complexity index is 619. The average Bonchev–Trinajstić information content (AvgIpc) is 2.62. The van der Waals surface area contributed by atoms with Gasteiger partial charge in [0.25, 0.3) is 0 Å². The molecule has 0 radical (unpaired) electrons. The van der Waals surface area contributed by atoms with Gasteiger partial charge in [-0.05, 0) is 24.3 Å². The average molecular weight is 349 g/mol. The summed E-state index contributed by atoms with van der Waals surface area (Å²) in [6, 6.07) is 6.80. The number of likely N-dealkylation sites (tertiary alicyclic amines) is 1. The van der Waals surface area contributed by atoms with Gasteiger partial charge in [0.15, 0.2) is 5.78 Å². The first kappa shape index (κ1) is 18.8. The van der Waals surface area contributed by atoms with Crippen molar-refractivity contribution >= 4 is 17.8 Å². The van der Waals surface area contributed by atoms with Gasteiger partial charge in [-0.3, -0.25) is 9.59 Å². The van der Waals surface area contributed by atoms with Crippen LogP contribution in [0, 0.1) is 5.92 Å². The van der Waals surface area contributed by atoms with Crippen LogP contribution in [0.4, 0.5) is 4.79 Å². The number of rotatable bonds is 6. The molecular formula is C18H23NO6. The van der Waals surface area contributed by atoms with E-state index in [2.05, 4.69) is 4.74 Å². The lowest BCUT2D eigenvalue weighted by Crippen LogP contribution is -2.41. The minimum absolute atomic E-state index is 0.0320. The molecule has 1 unspecified atom stereocenters. The summed E-state index contributed by atoms with van der Waals surface area (Å²) in [4.78, 5) is 35.8. The van der Waals surface area contributed by atoms with Gasteiger partial charge in [-0.2, -0.15) is 0 Å². The number of Topliss-reactive ketones (excluding diaryl/α,β-unsaturated/α-hetero) is 1. The summed E-state index contributed by atoms with van der Waals surface area (Å²) < 4.78 is 10.4. The second-order valence-corrected chi connectivity index (χ2v) is 6.16. The molecule has 2 rings (SSSR count). The molecule has 1 heterocycles. The van der Waals surface area contributed by atoms with Crippen LogP contribution in [-0.2, 0) is 9.53 Å². The number of hydrogen-bond acceptors (Lipinski definition) is 5. The van der Waals surface area contributed by atoms with Crippen LogP contribution in [0.2, 0.25) is 0 Å². The van der Waals surface area contributed by atoms with Crippen molar-refractivity contribution in [3.05, 3.63) is 29.8 Å². The number of carboxylic acid groups (broad SMARTS) is 1. The molecule has 1 atom stereocenters. The summed E-state index contributed by atoms with van der Waals surface area (Å²) in [5.74, 6) is -0.328. The largest absolute Gasteiger partial charge is 0.490 e. The SMILES string of the molecule is COC(=O)CC(C)C(=O)c1ccc(OC2CCN(C(=O)O)CC2)cc1. The zero-order chi connectivity index (χ0) is 18.4. The van der Waals surface area contributed by atoms with Crippen molar-refractivity contribution in [2.75, 3.05) is 20.2 Å². The maximum Gasteiger partial charge on any atom is 0.407 e. The van der Waals surface area contributed by atoms with Crippen LogP contribution in [0.3, 0.4) is 0 Å². The summed E-state index contributed by atoms with van der Waals surface area (Å²) in [5.41, 5.74) is 0.518. The Balaban J connectivity index is 1.88. The summed E-state index contributed by atoms with van der Waals surface area (Å²) in [6.45, 7) is 2.61. The third kappa shape index (κ3) is 5.20. The van der Waals surface area contributed by atoms with E-state index in [1.54, 1.807) is 31.2 Å². The first-order valence-electron chi connectivity index (χ1n) is 8.26. The van der Waals surface area contributed by atoms with Gasteiger partial charge in [0, 0.05) is 37.4 Å². The smallest absolute Gasteiger partial charge is 0.407 e. The first-order valence-corrected chi connectivity index (χ1v) is 8.26. The second-order valence-electron chi connectivity index (χ2n) is 6.16. The van der Waals surface area contributed by atoms with Crippen LogP contribution in [0.5, 0.6) is 5.75 Å². The number of esters is 1. The van der Waals surface area contributed by atoms with E-state index >= 15 is 0 Å². The minimum Gasteiger partial charge on any atom is -0.490 e. The lowest BCUT2D eigenvalue weighted by atomic mass is 9.96. The first-order chi connectivity index (χ1) is 11.9. The molecule has 0 aliphatic carbocycles. The highest BCUT2D eigenvalue weighted by Crippen LogP contribution is 2.21. The van der Waals surface area contributed by atoms with E-state index in [4.69, 9.17) is 9.84 Å². The number of carbonyl (C=O) groups excluding carboxylic acids is 2. The Morgan fingerprint density at radius 3 is 2.32 bits per heavy atom. The monoisotopic (exact) mass is 349 g/mol. The molecule has 1 aliphatic heterocycles. The zero-order valence-corrected chi connectivity index (χ0v) is 14.4. The van der Waals surface area contributed by atoms with E-state index < -0.39 is 18.0 Å². The maximum absolute atomic E-state index is 12.3. The highest BCUT2D eigenvalue weighted by Gasteiger charge is 2.24. The van der Waals surface area contributed by atoms with E-state index in [0.717, 1.165) is 0 Å². The molecule has 0 aromatic heterocycles. The number of ether oxygens (including phenoxy) is 2. The Morgan fingerprint density at radius 1 is 1.20 bits per heavy atom. The zero-order valence-electron chi connectivity index (χ0n) is 14.4. The lowest BCUT2D eigenvalue weighted by Gasteiger charge is -2.30. The van der Waals surface area contributed by atoms with Crippen molar-refractivity contribution in [2.24, 2.45) is 5.92 Å². The van der Waals surface area contributed by atoms with Crippen molar-refractivity contribution in [1.29, 1.82) is 0 Å². The minimum atomic E-state index is -0.901. The predicted molar refractivity (Wildman–Crippen MR) is 89.8 cm³/mol. The van der Waals surface area contributed by atoms with Crippen LogP contribution in [0.25, 0.3) is 0 Å². The predicted octanol–water partition coefficient (Wildman–Crippen LogP) is 2.59. The third-order valence-corrected chi connectivity index (χ3v) is 4.30. The Hall–Kier alpha value is -2.57. The van der Waals surface area contributed by atoms with Gasteiger partial charge in [0.05, 0.1) is 13.5 Å². The molecule has 1 fully saturated rings. The fourth-order valence-electron chi connectivity index (χ4n) is 2.77. The van der Waals surface area contributed by atoms with Crippen LogP contribution in [0.1, 0.15) is 36.5 Å². The molecule has 136 valence electrons. The highest BCUT2D eigenvalue weighted by atomic mass is 16.5. The molecule has 0 saturated carbocycles. The second kappa shape index (κ2) is 8.50. The van der Waals surface area contributed by atoms with E-state index in [1.165, 1.54) is 12.0 Å². The summed E-state index contributed by atoms with van der Waals surface area (Å²) in [6.07, 6.45) is 0.403. The van der Waals surface area contributed by atoms with Crippen molar-refractivity contribution in [2.45, 2.75) is 32.3 Å². The van der Waals surface area contributed by atoms with Gasteiger partial charge in [-0.15, -0.1) is 0 Å². The molecule has 1 amide bonds. The molecule has 1 N–H and O–H groups in total. The molecule has 7 heteroatoms. The molecule has 25 heavy (non-hydrogen) atoms. The fraction of sp³-hybridized carbons (Fsp3) is 0.500. The van der Waals surface area contributed by atoms with Gasteiger partial charge in [0.1, 0.15) is 11.9 Å².